The van der Waals surface area contributed by atoms with Crippen molar-refractivity contribution in [3.05, 3.63) is 35.9 Å². The molecule has 6 heteroatoms. The Bertz CT molecular complexity index is 468. The van der Waals surface area contributed by atoms with Gasteiger partial charge in [-0.05, 0) is 29.9 Å². The van der Waals surface area contributed by atoms with Crippen LogP contribution in [-0.4, -0.2) is 40.3 Å². The van der Waals surface area contributed by atoms with E-state index in [0.29, 0.717) is 18.6 Å². The minimum atomic E-state index is -0.984. The van der Waals surface area contributed by atoms with Crippen LogP contribution in [0.15, 0.2) is 30.3 Å². The predicted octanol–water partition coefficient (Wildman–Crippen LogP) is 2.49. The SMILES string of the molecule is CCSCC[C@H](NC(=O)C(CS)Cc1ccccc1)C(=O)O. The lowest BCUT2D eigenvalue weighted by Gasteiger charge is -2.19. The molecule has 0 aliphatic rings. The fourth-order valence-electron chi connectivity index (χ4n) is 2.03. The molecule has 0 radical (unpaired) electrons. The number of carboxylic acids is 1. The van der Waals surface area contributed by atoms with Crippen molar-refractivity contribution < 1.29 is 14.7 Å². The van der Waals surface area contributed by atoms with Gasteiger partial charge in [-0.15, -0.1) is 0 Å². The van der Waals surface area contributed by atoms with E-state index in [1.54, 1.807) is 11.8 Å². The zero-order valence-electron chi connectivity index (χ0n) is 12.7. The molecule has 0 saturated heterocycles. The van der Waals surface area contributed by atoms with E-state index in [1.807, 2.05) is 37.3 Å². The molecule has 0 heterocycles. The van der Waals surface area contributed by atoms with E-state index in [9.17, 15) is 14.7 Å². The van der Waals surface area contributed by atoms with Crippen molar-refractivity contribution in [1.82, 2.24) is 5.32 Å². The van der Waals surface area contributed by atoms with E-state index >= 15 is 0 Å². The van der Waals surface area contributed by atoms with Crippen LogP contribution in [0.25, 0.3) is 0 Å². The van der Waals surface area contributed by atoms with Crippen LogP contribution in [0.1, 0.15) is 18.9 Å². The molecular weight excluding hydrogens is 318 g/mol. The van der Waals surface area contributed by atoms with Gasteiger partial charge < -0.3 is 10.4 Å². The first-order chi connectivity index (χ1) is 10.6. The highest BCUT2D eigenvalue weighted by atomic mass is 32.2. The van der Waals surface area contributed by atoms with E-state index in [-0.39, 0.29) is 11.8 Å². The van der Waals surface area contributed by atoms with Crippen LogP contribution < -0.4 is 5.32 Å². The smallest absolute Gasteiger partial charge is 0.326 e. The summed E-state index contributed by atoms with van der Waals surface area (Å²) in [6.45, 7) is 2.02. The predicted molar refractivity (Wildman–Crippen MR) is 94.7 cm³/mol. The molecule has 0 aliphatic carbocycles. The molecule has 1 aromatic rings. The van der Waals surface area contributed by atoms with Gasteiger partial charge >= 0.3 is 5.97 Å². The minimum absolute atomic E-state index is 0.243. The van der Waals surface area contributed by atoms with Crippen molar-refractivity contribution in [2.75, 3.05) is 17.3 Å². The van der Waals surface area contributed by atoms with Gasteiger partial charge in [0.25, 0.3) is 0 Å². The molecule has 1 aromatic carbocycles. The second-order valence-electron chi connectivity index (χ2n) is 4.95. The second-order valence-corrected chi connectivity index (χ2v) is 6.71. The molecule has 0 spiro atoms. The molecule has 1 amide bonds. The Morgan fingerprint density at radius 2 is 2.00 bits per heavy atom. The van der Waals surface area contributed by atoms with Gasteiger partial charge in [-0.3, -0.25) is 4.79 Å². The lowest BCUT2D eigenvalue weighted by Crippen LogP contribution is -2.44. The van der Waals surface area contributed by atoms with Crippen molar-refractivity contribution in [3.8, 4) is 0 Å². The molecule has 2 atom stereocenters. The number of carboxylic acid groups (broad SMARTS) is 1. The van der Waals surface area contributed by atoms with E-state index in [1.165, 1.54) is 0 Å². The Kier molecular flexibility index (Phi) is 9.08. The van der Waals surface area contributed by atoms with Crippen LogP contribution in [0.4, 0.5) is 0 Å². The quantitative estimate of drug-likeness (QED) is 0.452. The number of amides is 1. The average molecular weight is 341 g/mol. The van der Waals surface area contributed by atoms with Gasteiger partial charge in [0, 0.05) is 5.75 Å². The summed E-state index contributed by atoms with van der Waals surface area (Å²) in [6, 6.07) is 8.85. The highest BCUT2D eigenvalue weighted by molar-refractivity contribution is 7.99. The standard InChI is InChI=1S/C16H23NO3S2/c1-2-22-9-8-14(16(19)20)17-15(18)13(11-21)10-12-6-4-3-5-7-12/h3-7,13-14,21H,2,8-11H2,1H3,(H,17,18)(H,19,20)/t13?,14-/m0/s1. The third kappa shape index (κ3) is 6.75. The molecule has 1 rings (SSSR count). The Balaban J connectivity index is 2.59. The largest absolute Gasteiger partial charge is 0.480 e. The number of benzene rings is 1. The lowest BCUT2D eigenvalue weighted by molar-refractivity contribution is -0.142. The first kappa shape index (κ1) is 18.9. The first-order valence-electron chi connectivity index (χ1n) is 7.34. The molecule has 0 bridgehead atoms. The third-order valence-electron chi connectivity index (χ3n) is 3.29. The summed E-state index contributed by atoms with van der Waals surface area (Å²) < 4.78 is 0. The molecule has 1 unspecified atom stereocenters. The van der Waals surface area contributed by atoms with Gasteiger partial charge in [0.2, 0.25) is 5.91 Å². The van der Waals surface area contributed by atoms with E-state index < -0.39 is 12.0 Å². The number of carbonyl (C=O) groups excluding carboxylic acids is 1. The number of thioether (sulfide) groups is 1. The normalized spacial score (nSPS) is 13.4. The zero-order valence-corrected chi connectivity index (χ0v) is 14.4. The van der Waals surface area contributed by atoms with Crippen LogP contribution in [0.5, 0.6) is 0 Å². The molecule has 122 valence electrons. The average Bonchev–Trinajstić information content (AvgIpc) is 2.52. The summed E-state index contributed by atoms with van der Waals surface area (Å²) in [5, 5.41) is 11.9. The molecular formula is C16H23NO3S2. The number of hydrogen-bond acceptors (Lipinski definition) is 4. The maximum Gasteiger partial charge on any atom is 0.326 e. The van der Waals surface area contributed by atoms with Crippen molar-refractivity contribution >= 4 is 36.3 Å². The maximum atomic E-state index is 12.3. The van der Waals surface area contributed by atoms with Crippen LogP contribution in [0.2, 0.25) is 0 Å². The van der Waals surface area contributed by atoms with Gasteiger partial charge in [-0.2, -0.15) is 24.4 Å². The summed E-state index contributed by atoms with van der Waals surface area (Å²) in [5.41, 5.74) is 1.05. The maximum absolute atomic E-state index is 12.3. The number of carbonyl (C=O) groups is 2. The lowest BCUT2D eigenvalue weighted by atomic mass is 9.99. The van der Waals surface area contributed by atoms with Crippen molar-refractivity contribution in [2.45, 2.75) is 25.8 Å². The summed E-state index contributed by atoms with van der Waals surface area (Å²) in [4.78, 5) is 23.6. The minimum Gasteiger partial charge on any atom is -0.480 e. The zero-order chi connectivity index (χ0) is 16.4. The van der Waals surface area contributed by atoms with Crippen LogP contribution in [0.3, 0.4) is 0 Å². The fraction of sp³-hybridized carbons (Fsp3) is 0.500. The summed E-state index contributed by atoms with van der Waals surface area (Å²) in [6.07, 6.45) is 0.996. The van der Waals surface area contributed by atoms with Gasteiger partial charge in [-0.25, -0.2) is 4.79 Å². The molecule has 4 nitrogen and oxygen atoms in total. The molecule has 0 aliphatic heterocycles. The van der Waals surface area contributed by atoms with Crippen LogP contribution in [-0.2, 0) is 16.0 Å². The Hall–Kier alpha value is -1.14. The van der Waals surface area contributed by atoms with Crippen molar-refractivity contribution in [3.63, 3.8) is 0 Å². The molecule has 2 N–H and O–H groups in total. The second kappa shape index (κ2) is 10.6. The Morgan fingerprint density at radius 3 is 2.55 bits per heavy atom. The molecule has 0 aromatic heterocycles. The molecule has 0 saturated carbocycles. The molecule has 22 heavy (non-hydrogen) atoms. The van der Waals surface area contributed by atoms with Gasteiger partial charge in [-0.1, -0.05) is 37.3 Å². The Morgan fingerprint density at radius 1 is 1.32 bits per heavy atom. The monoisotopic (exact) mass is 341 g/mol. The first-order valence-corrected chi connectivity index (χ1v) is 9.12. The summed E-state index contributed by atoms with van der Waals surface area (Å²) in [7, 11) is 0. The number of hydrogen-bond donors (Lipinski definition) is 3. The number of aliphatic carboxylic acids is 1. The number of nitrogens with one attached hydrogen (secondary N) is 1. The topological polar surface area (TPSA) is 66.4 Å². The van der Waals surface area contributed by atoms with E-state index in [0.717, 1.165) is 17.1 Å². The van der Waals surface area contributed by atoms with Gasteiger partial charge in [0.15, 0.2) is 0 Å². The number of rotatable bonds is 10. The van der Waals surface area contributed by atoms with Crippen molar-refractivity contribution in [1.29, 1.82) is 0 Å². The summed E-state index contributed by atoms with van der Waals surface area (Å²) in [5.74, 6) is 0.490. The summed E-state index contributed by atoms with van der Waals surface area (Å²) >= 11 is 5.90. The highest BCUT2D eigenvalue weighted by Crippen LogP contribution is 2.12. The van der Waals surface area contributed by atoms with Crippen LogP contribution >= 0.6 is 24.4 Å². The van der Waals surface area contributed by atoms with E-state index in [4.69, 9.17) is 0 Å². The van der Waals surface area contributed by atoms with Crippen LogP contribution in [0, 0.1) is 5.92 Å². The van der Waals surface area contributed by atoms with E-state index in [2.05, 4.69) is 17.9 Å². The highest BCUT2D eigenvalue weighted by Gasteiger charge is 2.24. The Labute approximate surface area is 141 Å². The number of thiol groups is 1. The van der Waals surface area contributed by atoms with Gasteiger partial charge in [0.1, 0.15) is 6.04 Å². The van der Waals surface area contributed by atoms with Gasteiger partial charge in [0.05, 0.1) is 5.92 Å². The van der Waals surface area contributed by atoms with Crippen molar-refractivity contribution in [2.24, 2.45) is 5.92 Å². The fourth-order valence-corrected chi connectivity index (χ4v) is 3.02. The third-order valence-corrected chi connectivity index (χ3v) is 4.66. The molecule has 0 fully saturated rings.